The SMILES string of the molecule is CN1c2ccccc2C(NCCCCCCC(=O)NCCCCCCCCNc2c3c(nc4ccccc24)CCCC3)c2ccc(Cl)cc2S1(=O)=O. The van der Waals surface area contributed by atoms with E-state index < -0.39 is 10.0 Å². The fourth-order valence-corrected chi connectivity index (χ4v) is 9.44. The van der Waals surface area contributed by atoms with Crippen LogP contribution in [0.2, 0.25) is 5.02 Å². The molecule has 1 aliphatic heterocycles. The molecule has 1 atom stereocenters. The van der Waals surface area contributed by atoms with E-state index >= 15 is 0 Å². The molecular formula is C42H54ClN5O3S. The molecule has 4 aromatic rings. The van der Waals surface area contributed by atoms with Gasteiger partial charge in [0.1, 0.15) is 0 Å². The maximum absolute atomic E-state index is 13.4. The number of anilines is 2. The molecule has 0 saturated heterocycles. The van der Waals surface area contributed by atoms with Crippen molar-refractivity contribution in [1.82, 2.24) is 15.6 Å². The number of unbranched alkanes of at least 4 members (excludes halogenated alkanes) is 8. The van der Waals surface area contributed by atoms with E-state index in [0.717, 1.165) is 88.5 Å². The minimum Gasteiger partial charge on any atom is -0.384 e. The number of para-hydroxylation sites is 2. The topological polar surface area (TPSA) is 103 Å². The molecule has 1 aromatic heterocycles. The average Bonchev–Trinajstić information content (AvgIpc) is 3.22. The molecule has 0 saturated carbocycles. The highest BCUT2D eigenvalue weighted by molar-refractivity contribution is 7.92. The van der Waals surface area contributed by atoms with Crippen LogP contribution in [0, 0.1) is 0 Å². The molecule has 0 fully saturated rings. The Morgan fingerprint density at radius 2 is 1.50 bits per heavy atom. The molecule has 1 aliphatic carbocycles. The predicted octanol–water partition coefficient (Wildman–Crippen LogP) is 9.10. The summed E-state index contributed by atoms with van der Waals surface area (Å²) in [5.74, 6) is 0.144. The van der Waals surface area contributed by atoms with Gasteiger partial charge in [-0.15, -0.1) is 0 Å². The van der Waals surface area contributed by atoms with E-state index in [2.05, 4.69) is 40.2 Å². The van der Waals surface area contributed by atoms with Crippen LogP contribution in [-0.2, 0) is 27.7 Å². The van der Waals surface area contributed by atoms with Crippen LogP contribution in [0.5, 0.6) is 0 Å². The molecule has 0 spiro atoms. The van der Waals surface area contributed by atoms with Gasteiger partial charge in [0.25, 0.3) is 10.0 Å². The minimum atomic E-state index is -3.74. The fourth-order valence-electron chi connectivity index (χ4n) is 7.72. The van der Waals surface area contributed by atoms with E-state index in [0.29, 0.717) is 22.7 Å². The number of aromatic nitrogens is 1. The molecule has 1 unspecified atom stereocenters. The van der Waals surface area contributed by atoms with Crippen molar-refractivity contribution in [2.45, 2.75) is 107 Å². The van der Waals surface area contributed by atoms with Gasteiger partial charge in [0.05, 0.1) is 22.1 Å². The molecule has 278 valence electrons. The van der Waals surface area contributed by atoms with E-state index in [9.17, 15) is 13.2 Å². The third-order valence-corrected chi connectivity index (χ3v) is 12.7. The maximum atomic E-state index is 13.4. The number of pyridine rings is 1. The highest BCUT2D eigenvalue weighted by Crippen LogP contribution is 2.41. The van der Waals surface area contributed by atoms with Crippen LogP contribution < -0.4 is 20.3 Å². The molecule has 2 heterocycles. The number of carbonyl (C=O) groups is 1. The normalized spacial score (nSPS) is 16.1. The van der Waals surface area contributed by atoms with Crippen LogP contribution in [-0.4, -0.2) is 46.0 Å². The third-order valence-electron chi connectivity index (χ3n) is 10.6. The quantitative estimate of drug-likeness (QED) is 0.0879. The smallest absolute Gasteiger partial charge is 0.264 e. The van der Waals surface area contributed by atoms with Gasteiger partial charge in [-0.1, -0.05) is 92.6 Å². The number of rotatable bonds is 18. The first-order chi connectivity index (χ1) is 25.3. The van der Waals surface area contributed by atoms with E-state index in [4.69, 9.17) is 16.6 Å². The second-order valence-corrected chi connectivity index (χ2v) is 16.7. The summed E-state index contributed by atoms with van der Waals surface area (Å²) >= 11 is 6.24. The Kier molecular flexibility index (Phi) is 13.5. The van der Waals surface area contributed by atoms with Crippen molar-refractivity contribution < 1.29 is 13.2 Å². The first kappa shape index (κ1) is 38.1. The molecule has 0 radical (unpaired) electrons. The zero-order chi connectivity index (χ0) is 36.3. The molecule has 3 aromatic carbocycles. The largest absolute Gasteiger partial charge is 0.384 e. The Balaban J connectivity index is 0.815. The van der Waals surface area contributed by atoms with Crippen LogP contribution in [0.15, 0.2) is 71.6 Å². The molecule has 0 bridgehead atoms. The number of amides is 1. The summed E-state index contributed by atoms with van der Waals surface area (Å²) in [6.45, 7) is 2.48. The lowest BCUT2D eigenvalue weighted by molar-refractivity contribution is -0.121. The minimum absolute atomic E-state index is 0.144. The Bertz CT molecular complexity index is 1930. The second kappa shape index (κ2) is 18.4. The lowest BCUT2D eigenvalue weighted by Gasteiger charge is -2.22. The summed E-state index contributed by atoms with van der Waals surface area (Å²) in [6.07, 6.45) is 16.0. The molecular weight excluding hydrogens is 690 g/mol. The van der Waals surface area contributed by atoms with Crippen LogP contribution in [0.25, 0.3) is 10.9 Å². The Labute approximate surface area is 315 Å². The zero-order valence-electron chi connectivity index (χ0n) is 30.6. The number of hydrogen-bond acceptors (Lipinski definition) is 6. The Morgan fingerprint density at radius 3 is 2.35 bits per heavy atom. The number of nitrogens with zero attached hydrogens (tertiary/aromatic N) is 2. The van der Waals surface area contributed by atoms with Gasteiger partial charge in [0.15, 0.2) is 0 Å². The summed E-state index contributed by atoms with van der Waals surface area (Å²) in [5, 5.41) is 12.2. The number of carbonyl (C=O) groups excluding carboxylic acids is 1. The van der Waals surface area contributed by atoms with Crippen molar-refractivity contribution in [3.8, 4) is 0 Å². The van der Waals surface area contributed by atoms with Crippen LogP contribution in [0.3, 0.4) is 0 Å². The van der Waals surface area contributed by atoms with Crippen molar-refractivity contribution in [3.05, 3.63) is 94.1 Å². The van der Waals surface area contributed by atoms with Gasteiger partial charge in [0, 0.05) is 48.3 Å². The van der Waals surface area contributed by atoms with Crippen molar-refractivity contribution in [3.63, 3.8) is 0 Å². The number of aryl methyl sites for hydroxylation is 1. The van der Waals surface area contributed by atoms with Gasteiger partial charge in [-0.05, 0) is 98.9 Å². The number of benzene rings is 3. The third kappa shape index (κ3) is 9.28. The standard InChI is InChI=1S/C42H54ClN5O3S/c1-48-38-23-14-11-20-34(38)42(35-26-25-31(43)30-39(35)52(48,50)51)46-29-17-7-4-8-24-40(49)44-27-15-5-2-3-6-16-28-45-41-32-18-9-12-21-36(32)47-37-22-13-10-19-33(37)41/h9,11-12,14,18,20-21,23,25-26,30,42,46H,2-8,10,13,15-17,19,22,24,27-29H2,1H3,(H,44,49)(H,45,47). The first-order valence-corrected chi connectivity index (χ1v) is 21.2. The van der Waals surface area contributed by atoms with Gasteiger partial charge in [0.2, 0.25) is 5.91 Å². The van der Waals surface area contributed by atoms with E-state index in [1.165, 1.54) is 58.7 Å². The summed E-state index contributed by atoms with van der Waals surface area (Å²) in [7, 11) is -2.15. The monoisotopic (exact) mass is 743 g/mol. The molecule has 3 N–H and O–H groups in total. The maximum Gasteiger partial charge on any atom is 0.264 e. The lowest BCUT2D eigenvalue weighted by atomic mass is 9.92. The zero-order valence-corrected chi connectivity index (χ0v) is 32.1. The molecule has 52 heavy (non-hydrogen) atoms. The van der Waals surface area contributed by atoms with Crippen LogP contribution >= 0.6 is 11.6 Å². The van der Waals surface area contributed by atoms with E-state index in [-0.39, 0.29) is 16.8 Å². The number of hydrogen-bond donors (Lipinski definition) is 3. The Hall–Kier alpha value is -3.66. The number of nitrogens with one attached hydrogen (secondary N) is 3. The number of sulfonamides is 1. The van der Waals surface area contributed by atoms with Crippen molar-refractivity contribution >= 4 is 49.8 Å². The molecule has 8 nitrogen and oxygen atoms in total. The predicted molar refractivity (Wildman–Crippen MR) is 214 cm³/mol. The second-order valence-electron chi connectivity index (χ2n) is 14.3. The van der Waals surface area contributed by atoms with E-state index in [1.807, 2.05) is 30.3 Å². The number of fused-ring (bicyclic) bond motifs is 4. The highest BCUT2D eigenvalue weighted by atomic mass is 35.5. The molecule has 6 rings (SSSR count). The van der Waals surface area contributed by atoms with Gasteiger partial charge >= 0.3 is 0 Å². The van der Waals surface area contributed by atoms with Crippen molar-refractivity contribution in [2.75, 3.05) is 36.3 Å². The van der Waals surface area contributed by atoms with Gasteiger partial charge in [-0.25, -0.2) is 8.42 Å². The molecule has 1 amide bonds. The summed E-state index contributed by atoms with van der Waals surface area (Å²) in [6, 6.07) is 21.0. The van der Waals surface area contributed by atoms with Gasteiger partial charge in [-0.2, -0.15) is 0 Å². The summed E-state index contributed by atoms with van der Waals surface area (Å²) in [4.78, 5) is 17.6. The Morgan fingerprint density at radius 1 is 0.808 bits per heavy atom. The molecule has 2 aliphatic rings. The average molecular weight is 744 g/mol. The highest BCUT2D eigenvalue weighted by Gasteiger charge is 2.34. The molecule has 10 heteroatoms. The lowest BCUT2D eigenvalue weighted by Crippen LogP contribution is -2.26. The van der Waals surface area contributed by atoms with Crippen LogP contribution in [0.1, 0.15) is 112 Å². The summed E-state index contributed by atoms with van der Waals surface area (Å²) in [5.41, 5.74) is 7.44. The fraction of sp³-hybridized carbons (Fsp3) is 0.476. The summed E-state index contributed by atoms with van der Waals surface area (Å²) < 4.78 is 28.2. The number of halogens is 1. The van der Waals surface area contributed by atoms with Crippen molar-refractivity contribution in [2.24, 2.45) is 0 Å². The van der Waals surface area contributed by atoms with Crippen molar-refractivity contribution in [1.29, 1.82) is 0 Å². The first-order valence-electron chi connectivity index (χ1n) is 19.4. The van der Waals surface area contributed by atoms with E-state index in [1.54, 1.807) is 19.2 Å². The van der Waals surface area contributed by atoms with Gasteiger partial charge in [-0.3, -0.25) is 14.1 Å². The van der Waals surface area contributed by atoms with Gasteiger partial charge < -0.3 is 16.0 Å². The van der Waals surface area contributed by atoms with Crippen LogP contribution in [0.4, 0.5) is 11.4 Å².